The van der Waals surface area contributed by atoms with Crippen molar-refractivity contribution in [2.75, 3.05) is 38.3 Å². The highest BCUT2D eigenvalue weighted by Gasteiger charge is 2.25. The van der Waals surface area contributed by atoms with Gasteiger partial charge in [0, 0.05) is 39.8 Å². The minimum absolute atomic E-state index is 0.473. The molecular formula is C11H22N6O. The number of methoxy groups -OCH3 is 1. The van der Waals surface area contributed by atoms with Crippen molar-refractivity contribution >= 4 is 5.95 Å². The summed E-state index contributed by atoms with van der Waals surface area (Å²) in [5.41, 5.74) is 0. The van der Waals surface area contributed by atoms with Crippen molar-refractivity contribution in [2.24, 2.45) is 7.05 Å². The molecule has 102 valence electrons. The van der Waals surface area contributed by atoms with Crippen LogP contribution in [0.1, 0.15) is 19.3 Å². The smallest absolute Gasteiger partial charge is 0.245 e. The zero-order valence-corrected chi connectivity index (χ0v) is 11.2. The van der Waals surface area contributed by atoms with Crippen LogP contribution in [-0.4, -0.2) is 59.6 Å². The molecule has 0 aromatic carbocycles. The molecule has 1 fully saturated rings. The number of nitrogens with zero attached hydrogens (tertiary/aromatic N) is 5. The summed E-state index contributed by atoms with van der Waals surface area (Å²) < 4.78 is 6.78. The van der Waals surface area contributed by atoms with E-state index >= 15 is 0 Å². The Morgan fingerprint density at radius 1 is 1.44 bits per heavy atom. The molecule has 0 saturated carbocycles. The molecule has 1 aliphatic rings. The highest BCUT2D eigenvalue weighted by Crippen LogP contribution is 2.21. The van der Waals surface area contributed by atoms with Gasteiger partial charge in [-0.05, 0) is 29.7 Å². The molecule has 0 bridgehead atoms. The summed E-state index contributed by atoms with van der Waals surface area (Å²) in [5, 5.41) is 15.2. The van der Waals surface area contributed by atoms with Crippen LogP contribution in [0.3, 0.4) is 0 Å². The first kappa shape index (κ1) is 13.2. The van der Waals surface area contributed by atoms with Crippen LogP contribution in [0.4, 0.5) is 5.95 Å². The molecule has 18 heavy (non-hydrogen) atoms. The van der Waals surface area contributed by atoms with E-state index in [4.69, 9.17) is 4.74 Å². The molecule has 1 saturated heterocycles. The van der Waals surface area contributed by atoms with E-state index in [1.165, 1.54) is 19.3 Å². The van der Waals surface area contributed by atoms with E-state index < -0.39 is 0 Å². The SMILES string of the molecule is COCCNCC1CCCCN1c1nnnn1C. The summed E-state index contributed by atoms with van der Waals surface area (Å²) in [6.07, 6.45) is 3.67. The average molecular weight is 254 g/mol. The van der Waals surface area contributed by atoms with Crippen LogP contribution < -0.4 is 10.2 Å². The Hall–Kier alpha value is -1.21. The molecule has 2 heterocycles. The van der Waals surface area contributed by atoms with Crippen LogP contribution in [0.15, 0.2) is 0 Å². The van der Waals surface area contributed by atoms with E-state index in [1.54, 1.807) is 11.8 Å². The first-order chi connectivity index (χ1) is 8.83. The molecule has 1 N–H and O–H groups in total. The third kappa shape index (κ3) is 3.17. The third-order valence-electron chi connectivity index (χ3n) is 3.34. The molecule has 0 amide bonds. The third-order valence-corrected chi connectivity index (χ3v) is 3.34. The Labute approximate surface area is 107 Å². The first-order valence-electron chi connectivity index (χ1n) is 6.51. The first-order valence-corrected chi connectivity index (χ1v) is 6.51. The predicted molar refractivity (Wildman–Crippen MR) is 68.5 cm³/mol. The number of hydrogen-bond acceptors (Lipinski definition) is 6. The summed E-state index contributed by atoms with van der Waals surface area (Å²) in [7, 11) is 3.61. The van der Waals surface area contributed by atoms with Gasteiger partial charge in [0.05, 0.1) is 6.61 Å². The number of nitrogens with one attached hydrogen (secondary N) is 1. The molecule has 0 aliphatic carbocycles. The van der Waals surface area contributed by atoms with E-state index in [-0.39, 0.29) is 0 Å². The number of rotatable bonds is 6. The highest BCUT2D eigenvalue weighted by molar-refractivity contribution is 5.30. The molecule has 1 aromatic rings. The lowest BCUT2D eigenvalue weighted by molar-refractivity contribution is 0.198. The lowest BCUT2D eigenvalue weighted by atomic mass is 10.0. The largest absolute Gasteiger partial charge is 0.383 e. The number of aromatic nitrogens is 4. The molecule has 1 unspecified atom stereocenters. The number of tetrazole rings is 1. The summed E-state index contributed by atoms with van der Waals surface area (Å²) in [4.78, 5) is 2.31. The average Bonchev–Trinajstić information content (AvgIpc) is 2.81. The Kier molecular flexibility index (Phi) is 4.89. The fourth-order valence-electron chi connectivity index (χ4n) is 2.39. The van der Waals surface area contributed by atoms with E-state index in [2.05, 4.69) is 25.7 Å². The van der Waals surface area contributed by atoms with Gasteiger partial charge in [-0.25, -0.2) is 4.68 Å². The summed E-state index contributed by atoms with van der Waals surface area (Å²) in [6.45, 7) is 3.62. The van der Waals surface area contributed by atoms with E-state index in [9.17, 15) is 0 Å². The van der Waals surface area contributed by atoms with Gasteiger partial charge < -0.3 is 15.0 Å². The standard InChI is InChI=1S/C11H22N6O/c1-16-11(13-14-15-16)17-7-4-3-5-10(17)9-12-6-8-18-2/h10,12H,3-9H2,1-2H3. The zero-order chi connectivity index (χ0) is 12.8. The molecule has 0 radical (unpaired) electrons. The lowest BCUT2D eigenvalue weighted by Crippen LogP contribution is -2.47. The van der Waals surface area contributed by atoms with Crippen molar-refractivity contribution in [2.45, 2.75) is 25.3 Å². The predicted octanol–water partition coefficient (Wildman–Crippen LogP) is -0.195. The fourth-order valence-corrected chi connectivity index (χ4v) is 2.39. The number of ether oxygens (including phenoxy) is 1. The van der Waals surface area contributed by atoms with Crippen LogP contribution in [0.25, 0.3) is 0 Å². The van der Waals surface area contributed by atoms with Crippen LogP contribution in [0, 0.1) is 0 Å². The van der Waals surface area contributed by atoms with E-state index in [0.717, 1.165) is 32.2 Å². The Morgan fingerprint density at radius 3 is 3.06 bits per heavy atom. The van der Waals surface area contributed by atoms with Crippen molar-refractivity contribution in [1.29, 1.82) is 0 Å². The van der Waals surface area contributed by atoms with E-state index in [1.807, 2.05) is 7.05 Å². The molecule has 1 aliphatic heterocycles. The van der Waals surface area contributed by atoms with Crippen LogP contribution >= 0.6 is 0 Å². The van der Waals surface area contributed by atoms with Crippen molar-refractivity contribution < 1.29 is 4.74 Å². The molecule has 7 nitrogen and oxygen atoms in total. The molecule has 0 spiro atoms. The summed E-state index contributed by atoms with van der Waals surface area (Å²) >= 11 is 0. The monoisotopic (exact) mass is 254 g/mol. The van der Waals surface area contributed by atoms with Gasteiger partial charge in [-0.1, -0.05) is 5.10 Å². The Bertz CT molecular complexity index is 355. The number of piperidine rings is 1. The van der Waals surface area contributed by atoms with Gasteiger partial charge in [0.1, 0.15) is 0 Å². The second-order valence-corrected chi connectivity index (χ2v) is 4.64. The highest BCUT2D eigenvalue weighted by atomic mass is 16.5. The topological polar surface area (TPSA) is 68.1 Å². The molecule has 7 heteroatoms. The molecule has 1 aromatic heterocycles. The summed E-state index contributed by atoms with van der Waals surface area (Å²) in [6, 6.07) is 0.473. The molecular weight excluding hydrogens is 232 g/mol. The van der Waals surface area contributed by atoms with Crippen LogP contribution in [0.2, 0.25) is 0 Å². The van der Waals surface area contributed by atoms with Gasteiger partial charge in [0.15, 0.2) is 0 Å². The normalized spacial score (nSPS) is 20.3. The summed E-state index contributed by atoms with van der Waals surface area (Å²) in [5.74, 6) is 0.869. The van der Waals surface area contributed by atoms with Crippen LogP contribution in [0.5, 0.6) is 0 Å². The maximum atomic E-state index is 5.04. The van der Waals surface area contributed by atoms with Crippen molar-refractivity contribution in [3.05, 3.63) is 0 Å². The quantitative estimate of drug-likeness (QED) is 0.709. The number of hydrogen-bond donors (Lipinski definition) is 1. The second-order valence-electron chi connectivity index (χ2n) is 4.64. The minimum atomic E-state index is 0.473. The van der Waals surface area contributed by atoms with Gasteiger partial charge in [-0.3, -0.25) is 0 Å². The van der Waals surface area contributed by atoms with Gasteiger partial charge >= 0.3 is 0 Å². The minimum Gasteiger partial charge on any atom is -0.383 e. The Balaban J connectivity index is 1.92. The number of anilines is 1. The fraction of sp³-hybridized carbons (Fsp3) is 0.909. The van der Waals surface area contributed by atoms with Crippen LogP contribution in [-0.2, 0) is 11.8 Å². The Morgan fingerprint density at radius 2 is 2.33 bits per heavy atom. The maximum Gasteiger partial charge on any atom is 0.245 e. The van der Waals surface area contributed by atoms with Gasteiger partial charge in [0.2, 0.25) is 5.95 Å². The van der Waals surface area contributed by atoms with Gasteiger partial charge in [-0.15, -0.1) is 0 Å². The van der Waals surface area contributed by atoms with Gasteiger partial charge in [-0.2, -0.15) is 0 Å². The van der Waals surface area contributed by atoms with E-state index in [0.29, 0.717) is 6.04 Å². The number of aryl methyl sites for hydroxylation is 1. The zero-order valence-electron chi connectivity index (χ0n) is 11.2. The lowest BCUT2D eigenvalue weighted by Gasteiger charge is -2.35. The van der Waals surface area contributed by atoms with Crippen molar-refractivity contribution in [3.63, 3.8) is 0 Å². The van der Waals surface area contributed by atoms with Crippen molar-refractivity contribution in [3.8, 4) is 0 Å². The second kappa shape index (κ2) is 6.65. The maximum absolute atomic E-state index is 5.04. The van der Waals surface area contributed by atoms with Crippen molar-refractivity contribution in [1.82, 2.24) is 25.5 Å². The van der Waals surface area contributed by atoms with Gasteiger partial charge in [0.25, 0.3) is 0 Å². The molecule has 2 rings (SSSR count). The molecule has 1 atom stereocenters.